The summed E-state index contributed by atoms with van der Waals surface area (Å²) >= 11 is 0. The van der Waals surface area contributed by atoms with Crippen LogP contribution in [0.4, 0.5) is 4.39 Å². The molecule has 1 aromatic heterocycles. The van der Waals surface area contributed by atoms with Crippen LogP contribution in [0.25, 0.3) is 22.0 Å². The lowest BCUT2D eigenvalue weighted by Crippen LogP contribution is -2.31. The molecule has 0 aliphatic carbocycles. The van der Waals surface area contributed by atoms with Crippen molar-refractivity contribution in [2.75, 3.05) is 0 Å². The maximum atomic E-state index is 14.3. The van der Waals surface area contributed by atoms with E-state index in [9.17, 15) is 4.39 Å². The van der Waals surface area contributed by atoms with Crippen LogP contribution in [0.2, 0.25) is 0 Å². The van der Waals surface area contributed by atoms with E-state index in [4.69, 9.17) is 0 Å². The predicted octanol–water partition coefficient (Wildman–Crippen LogP) is 5.98. The Kier molecular flexibility index (Phi) is 4.64. The molecule has 0 aliphatic heterocycles. The van der Waals surface area contributed by atoms with Gasteiger partial charge in [-0.15, -0.1) is 0 Å². The number of halogens is 1. The topological polar surface area (TPSA) is 3.88 Å². The first-order valence-corrected chi connectivity index (χ1v) is 9.26. The lowest BCUT2D eigenvalue weighted by atomic mass is 9.87. The zero-order valence-corrected chi connectivity index (χ0v) is 17.0. The molecule has 1 nitrogen and oxygen atoms in total. The van der Waals surface area contributed by atoms with Crippen molar-refractivity contribution in [1.82, 2.24) is 0 Å². The van der Waals surface area contributed by atoms with Crippen LogP contribution in [0.15, 0.2) is 36.5 Å². The summed E-state index contributed by atoms with van der Waals surface area (Å²) in [6, 6.07) is 10.9. The second-order valence-corrected chi connectivity index (χ2v) is 8.74. The van der Waals surface area contributed by atoms with E-state index < -0.39 is 0 Å². The molecule has 3 aromatic rings. The number of aryl methyl sites for hydroxylation is 2. The Labute approximate surface area is 156 Å². The Balaban J connectivity index is 2.26. The molecule has 0 unspecified atom stereocenters. The fourth-order valence-electron chi connectivity index (χ4n) is 3.78. The Hall–Kier alpha value is -2.22. The third kappa shape index (κ3) is 3.38. The number of pyridine rings is 1. The molecule has 136 valence electrons. The smallest absolute Gasteiger partial charge is 0.206 e. The normalized spacial score (nSPS) is 12.0. The van der Waals surface area contributed by atoms with Crippen LogP contribution in [0, 0.1) is 32.0 Å². The first kappa shape index (κ1) is 18.6. The number of nitrogens with zero attached hydrogens (tertiary/aromatic N) is 1. The lowest BCUT2D eigenvalue weighted by Gasteiger charge is -2.18. The minimum Gasteiger partial charge on any atom is -0.206 e. The molecule has 0 fully saturated rings. The van der Waals surface area contributed by atoms with Crippen molar-refractivity contribution in [3.63, 3.8) is 0 Å². The molecule has 1 heterocycles. The third-order valence-electron chi connectivity index (χ3n) is 5.19. The molecule has 0 amide bonds. The molecule has 0 bridgehead atoms. The third-order valence-corrected chi connectivity index (χ3v) is 5.19. The standard InChI is InChI=1S/C24H29FN/c1-15-12-21(16(2)17(3)22(15)25)23-20-9-8-18(14-24(4,5)6)13-19(20)10-11-26(23)7/h8-13H,14H2,1-7H3/q+1. The molecule has 2 heteroatoms. The second-order valence-electron chi connectivity index (χ2n) is 8.74. The quantitative estimate of drug-likeness (QED) is 0.500. The predicted molar refractivity (Wildman–Crippen MR) is 108 cm³/mol. The summed E-state index contributed by atoms with van der Waals surface area (Å²) in [5, 5.41) is 2.44. The monoisotopic (exact) mass is 350 g/mol. The Morgan fingerprint density at radius 3 is 2.31 bits per heavy atom. The number of aromatic nitrogens is 1. The molecule has 3 rings (SSSR count). The van der Waals surface area contributed by atoms with Gasteiger partial charge in [-0.1, -0.05) is 32.9 Å². The van der Waals surface area contributed by atoms with E-state index in [0.29, 0.717) is 5.56 Å². The van der Waals surface area contributed by atoms with Gasteiger partial charge in [0.25, 0.3) is 0 Å². The maximum absolute atomic E-state index is 14.3. The van der Waals surface area contributed by atoms with Crippen molar-refractivity contribution in [2.24, 2.45) is 12.5 Å². The van der Waals surface area contributed by atoms with Gasteiger partial charge in [-0.2, -0.15) is 0 Å². The van der Waals surface area contributed by atoms with E-state index >= 15 is 0 Å². The molecule has 0 saturated heterocycles. The van der Waals surface area contributed by atoms with Crippen LogP contribution in [0.5, 0.6) is 0 Å². The number of hydrogen-bond donors (Lipinski definition) is 0. The number of rotatable bonds is 2. The van der Waals surface area contributed by atoms with Crippen LogP contribution in [0.3, 0.4) is 0 Å². The van der Waals surface area contributed by atoms with Crippen LogP contribution < -0.4 is 4.57 Å². The fraction of sp³-hybridized carbons (Fsp3) is 0.375. The highest BCUT2D eigenvalue weighted by atomic mass is 19.1. The highest BCUT2D eigenvalue weighted by Gasteiger charge is 2.21. The van der Waals surface area contributed by atoms with Crippen molar-refractivity contribution in [1.29, 1.82) is 0 Å². The minimum absolute atomic E-state index is 0.0957. The first-order chi connectivity index (χ1) is 12.1. The molecular formula is C24H29FN+. The first-order valence-electron chi connectivity index (χ1n) is 9.26. The highest BCUT2D eigenvalue weighted by Crippen LogP contribution is 2.33. The molecule has 2 aromatic carbocycles. The van der Waals surface area contributed by atoms with E-state index in [1.165, 1.54) is 16.3 Å². The van der Waals surface area contributed by atoms with E-state index in [1.807, 2.05) is 26.8 Å². The Bertz CT molecular complexity index is 993. The van der Waals surface area contributed by atoms with Crippen molar-refractivity contribution in [3.05, 3.63) is 64.6 Å². The zero-order valence-electron chi connectivity index (χ0n) is 17.0. The van der Waals surface area contributed by atoms with E-state index in [0.717, 1.165) is 28.8 Å². The second kappa shape index (κ2) is 6.50. The van der Waals surface area contributed by atoms with Crippen LogP contribution in [-0.2, 0) is 13.5 Å². The molecule has 0 aliphatic rings. The molecule has 0 N–H and O–H groups in total. The molecule has 0 spiro atoms. The van der Waals surface area contributed by atoms with Crippen molar-refractivity contribution >= 4 is 10.8 Å². The van der Waals surface area contributed by atoms with Gasteiger partial charge in [0, 0.05) is 6.07 Å². The van der Waals surface area contributed by atoms with Crippen LogP contribution in [-0.4, -0.2) is 0 Å². The molecule has 0 saturated carbocycles. The summed E-state index contributed by atoms with van der Waals surface area (Å²) in [6.45, 7) is 12.5. The van der Waals surface area contributed by atoms with Gasteiger partial charge >= 0.3 is 0 Å². The summed E-state index contributed by atoms with van der Waals surface area (Å²) in [5.74, 6) is -0.0957. The van der Waals surface area contributed by atoms with Gasteiger partial charge in [-0.25, -0.2) is 8.96 Å². The number of fused-ring (bicyclic) bond motifs is 1. The minimum atomic E-state index is -0.0957. The highest BCUT2D eigenvalue weighted by molar-refractivity contribution is 5.94. The SMILES string of the molecule is Cc1cc(-c2c3ccc(CC(C)(C)C)cc3cc[n+]2C)c(C)c(C)c1F. The van der Waals surface area contributed by atoms with Crippen molar-refractivity contribution in [2.45, 2.75) is 48.0 Å². The average molecular weight is 351 g/mol. The van der Waals surface area contributed by atoms with E-state index in [2.05, 4.69) is 62.8 Å². The summed E-state index contributed by atoms with van der Waals surface area (Å²) in [4.78, 5) is 0. The summed E-state index contributed by atoms with van der Waals surface area (Å²) in [7, 11) is 2.06. The van der Waals surface area contributed by atoms with E-state index in [-0.39, 0.29) is 11.2 Å². The summed E-state index contributed by atoms with van der Waals surface area (Å²) in [5.41, 5.74) is 6.32. The molecule has 26 heavy (non-hydrogen) atoms. The van der Waals surface area contributed by atoms with Gasteiger partial charge in [-0.3, -0.25) is 0 Å². The molecule has 0 radical (unpaired) electrons. The van der Waals surface area contributed by atoms with Gasteiger partial charge in [0.15, 0.2) is 6.20 Å². The van der Waals surface area contributed by atoms with Gasteiger partial charge in [0.1, 0.15) is 12.9 Å². The summed E-state index contributed by atoms with van der Waals surface area (Å²) in [6.07, 6.45) is 3.15. The van der Waals surface area contributed by atoms with E-state index in [1.54, 1.807) is 0 Å². The van der Waals surface area contributed by atoms with Crippen molar-refractivity contribution < 1.29 is 8.96 Å². The molecular weight excluding hydrogens is 321 g/mol. The fourth-order valence-corrected chi connectivity index (χ4v) is 3.78. The summed E-state index contributed by atoms with van der Waals surface area (Å²) < 4.78 is 16.4. The van der Waals surface area contributed by atoms with Crippen LogP contribution in [0.1, 0.15) is 43.0 Å². The van der Waals surface area contributed by atoms with Crippen LogP contribution >= 0.6 is 0 Å². The molecule has 0 atom stereocenters. The number of hydrogen-bond acceptors (Lipinski definition) is 0. The maximum Gasteiger partial charge on any atom is 0.220 e. The van der Waals surface area contributed by atoms with Gasteiger partial charge in [0.2, 0.25) is 5.69 Å². The van der Waals surface area contributed by atoms with Gasteiger partial charge < -0.3 is 0 Å². The lowest BCUT2D eigenvalue weighted by molar-refractivity contribution is -0.659. The Morgan fingerprint density at radius 2 is 1.65 bits per heavy atom. The van der Waals surface area contributed by atoms with Gasteiger partial charge in [-0.05, 0) is 72.4 Å². The average Bonchev–Trinajstić information content (AvgIpc) is 2.55. The van der Waals surface area contributed by atoms with Gasteiger partial charge in [0.05, 0.1) is 10.9 Å². The van der Waals surface area contributed by atoms with Crippen molar-refractivity contribution in [3.8, 4) is 11.3 Å². The largest absolute Gasteiger partial charge is 0.220 e. The zero-order chi connectivity index (χ0) is 19.2. The number of benzene rings is 2. The Morgan fingerprint density at radius 1 is 0.962 bits per heavy atom.